The van der Waals surface area contributed by atoms with E-state index in [2.05, 4.69) is 32.2 Å². The number of halogens is 2. The fourth-order valence-electron chi connectivity index (χ4n) is 2.88. The van der Waals surface area contributed by atoms with Gasteiger partial charge in [0.2, 0.25) is 0 Å². The number of rotatable bonds is 11. The van der Waals surface area contributed by atoms with Crippen LogP contribution in [0.4, 0.5) is 8.78 Å². The summed E-state index contributed by atoms with van der Waals surface area (Å²) < 4.78 is 35.0. The third-order valence-corrected chi connectivity index (χ3v) is 4.40. The van der Waals surface area contributed by atoms with Crippen LogP contribution < -0.4 is 20.1 Å². The zero-order valence-electron chi connectivity index (χ0n) is 16.3. The minimum atomic E-state index is -2.88. The minimum absolute atomic E-state index is 0.108. The Morgan fingerprint density at radius 1 is 1.30 bits per heavy atom. The molecule has 8 heteroatoms. The molecule has 0 atom stereocenters. The van der Waals surface area contributed by atoms with E-state index >= 15 is 0 Å². The number of ether oxygens (including phenoxy) is 2. The van der Waals surface area contributed by atoms with Crippen LogP contribution in [0, 0.1) is 0 Å². The summed E-state index contributed by atoms with van der Waals surface area (Å²) in [5, 5.41) is 6.48. The SMILES string of the molecule is CCNC(=NCc1cc(OC)ccc1OC(F)F)NCCN(CC)C1CC1. The average molecular weight is 384 g/mol. The van der Waals surface area contributed by atoms with Crippen LogP contribution in [0.3, 0.4) is 0 Å². The summed E-state index contributed by atoms with van der Waals surface area (Å²) in [5.74, 6) is 1.33. The van der Waals surface area contributed by atoms with E-state index in [1.165, 1.54) is 26.0 Å². The maximum atomic E-state index is 12.6. The molecule has 27 heavy (non-hydrogen) atoms. The first-order valence-electron chi connectivity index (χ1n) is 9.45. The molecule has 1 saturated carbocycles. The fourth-order valence-corrected chi connectivity index (χ4v) is 2.88. The number of hydrogen-bond donors (Lipinski definition) is 2. The molecule has 0 radical (unpaired) electrons. The summed E-state index contributed by atoms with van der Waals surface area (Å²) in [6.07, 6.45) is 2.56. The molecule has 6 nitrogen and oxygen atoms in total. The van der Waals surface area contributed by atoms with Crippen LogP contribution in [0.15, 0.2) is 23.2 Å². The number of nitrogens with zero attached hydrogens (tertiary/aromatic N) is 2. The third kappa shape index (κ3) is 7.21. The van der Waals surface area contributed by atoms with Crippen LogP contribution in [-0.2, 0) is 6.54 Å². The number of nitrogens with one attached hydrogen (secondary N) is 2. The molecule has 0 aromatic heterocycles. The third-order valence-electron chi connectivity index (χ3n) is 4.40. The lowest BCUT2D eigenvalue weighted by Gasteiger charge is -2.20. The van der Waals surface area contributed by atoms with Crippen LogP contribution >= 0.6 is 0 Å². The number of benzene rings is 1. The van der Waals surface area contributed by atoms with E-state index in [4.69, 9.17) is 4.74 Å². The molecule has 0 spiro atoms. The van der Waals surface area contributed by atoms with E-state index in [0.29, 0.717) is 23.8 Å². The second-order valence-corrected chi connectivity index (χ2v) is 6.33. The van der Waals surface area contributed by atoms with Crippen molar-refractivity contribution in [3.05, 3.63) is 23.8 Å². The van der Waals surface area contributed by atoms with Gasteiger partial charge in [0, 0.05) is 31.2 Å². The molecular formula is C19H30F2N4O2. The molecule has 0 heterocycles. The van der Waals surface area contributed by atoms with Crippen LogP contribution in [0.1, 0.15) is 32.3 Å². The van der Waals surface area contributed by atoms with Gasteiger partial charge in [-0.3, -0.25) is 4.90 Å². The van der Waals surface area contributed by atoms with Crippen molar-refractivity contribution in [1.29, 1.82) is 0 Å². The van der Waals surface area contributed by atoms with Gasteiger partial charge in [0.25, 0.3) is 0 Å². The van der Waals surface area contributed by atoms with Gasteiger partial charge >= 0.3 is 6.61 Å². The molecule has 1 aromatic carbocycles. The van der Waals surface area contributed by atoms with Gasteiger partial charge in [0.05, 0.1) is 13.7 Å². The second kappa shape index (κ2) is 10.9. The van der Waals surface area contributed by atoms with E-state index in [1.54, 1.807) is 12.1 Å². The largest absolute Gasteiger partial charge is 0.497 e. The molecule has 0 unspecified atom stereocenters. The lowest BCUT2D eigenvalue weighted by atomic mass is 10.2. The van der Waals surface area contributed by atoms with Crippen molar-refractivity contribution in [3.63, 3.8) is 0 Å². The molecule has 1 fully saturated rings. The maximum Gasteiger partial charge on any atom is 0.387 e. The molecule has 1 aromatic rings. The normalized spacial score (nSPS) is 14.6. The number of hydrogen-bond acceptors (Lipinski definition) is 4. The first-order valence-corrected chi connectivity index (χ1v) is 9.45. The Hall–Kier alpha value is -2.09. The molecule has 2 N–H and O–H groups in total. The van der Waals surface area contributed by atoms with Crippen molar-refractivity contribution >= 4 is 5.96 Å². The highest BCUT2D eigenvalue weighted by molar-refractivity contribution is 5.79. The fraction of sp³-hybridized carbons (Fsp3) is 0.632. The molecule has 1 aliphatic carbocycles. The Morgan fingerprint density at radius 2 is 2.07 bits per heavy atom. The lowest BCUT2D eigenvalue weighted by molar-refractivity contribution is -0.0504. The molecular weight excluding hydrogens is 354 g/mol. The van der Waals surface area contributed by atoms with Crippen molar-refractivity contribution in [2.75, 3.05) is 33.3 Å². The highest BCUT2D eigenvalue weighted by Crippen LogP contribution is 2.27. The highest BCUT2D eigenvalue weighted by Gasteiger charge is 2.27. The highest BCUT2D eigenvalue weighted by atomic mass is 19.3. The number of guanidine groups is 1. The van der Waals surface area contributed by atoms with E-state index in [9.17, 15) is 8.78 Å². The quantitative estimate of drug-likeness (QED) is 0.454. The van der Waals surface area contributed by atoms with Gasteiger partial charge in [-0.1, -0.05) is 6.92 Å². The van der Waals surface area contributed by atoms with Crippen LogP contribution in [0.5, 0.6) is 11.5 Å². The predicted molar refractivity (Wildman–Crippen MR) is 103 cm³/mol. The molecule has 0 aliphatic heterocycles. The Bertz CT molecular complexity index is 609. The standard InChI is InChI=1S/C19H30F2N4O2/c1-4-22-19(23-10-11-25(5-2)15-6-7-15)24-13-14-12-16(26-3)8-9-17(14)27-18(20)21/h8-9,12,15,18H,4-7,10-11,13H2,1-3H3,(H2,22,23,24). The summed E-state index contributed by atoms with van der Waals surface area (Å²) in [6, 6.07) is 5.45. The first kappa shape index (κ1) is 21.2. The van der Waals surface area contributed by atoms with Gasteiger partial charge < -0.3 is 20.1 Å². The zero-order valence-corrected chi connectivity index (χ0v) is 16.3. The lowest BCUT2D eigenvalue weighted by Crippen LogP contribution is -2.42. The van der Waals surface area contributed by atoms with Gasteiger partial charge in [0.1, 0.15) is 11.5 Å². The first-order chi connectivity index (χ1) is 13.1. The molecule has 1 aliphatic rings. The Morgan fingerprint density at radius 3 is 2.67 bits per heavy atom. The minimum Gasteiger partial charge on any atom is -0.497 e. The molecule has 0 amide bonds. The van der Waals surface area contributed by atoms with Gasteiger partial charge in [-0.25, -0.2) is 4.99 Å². The number of likely N-dealkylation sites (N-methyl/N-ethyl adjacent to an activating group) is 1. The number of aliphatic imine (C=N–C) groups is 1. The molecule has 0 saturated heterocycles. The average Bonchev–Trinajstić information content (AvgIpc) is 3.48. The van der Waals surface area contributed by atoms with Crippen molar-refractivity contribution in [1.82, 2.24) is 15.5 Å². The van der Waals surface area contributed by atoms with Crippen LogP contribution in [0.25, 0.3) is 0 Å². The van der Waals surface area contributed by atoms with Crippen LogP contribution in [0.2, 0.25) is 0 Å². The predicted octanol–water partition coefficient (Wildman–Crippen LogP) is 2.84. The van der Waals surface area contributed by atoms with E-state index in [0.717, 1.165) is 25.7 Å². The summed E-state index contributed by atoms with van der Waals surface area (Å²) in [7, 11) is 1.53. The monoisotopic (exact) mass is 384 g/mol. The Balaban J connectivity index is 1.99. The summed E-state index contributed by atoms with van der Waals surface area (Å²) in [6.45, 7) is 4.95. The van der Waals surface area contributed by atoms with Gasteiger partial charge in [-0.15, -0.1) is 0 Å². The Labute approximate surface area is 159 Å². The van der Waals surface area contributed by atoms with Gasteiger partial charge in [-0.05, 0) is 44.5 Å². The van der Waals surface area contributed by atoms with E-state index in [-0.39, 0.29) is 12.3 Å². The Kier molecular flexibility index (Phi) is 8.57. The maximum absolute atomic E-state index is 12.6. The number of alkyl halides is 2. The molecule has 152 valence electrons. The van der Waals surface area contributed by atoms with E-state index < -0.39 is 6.61 Å². The summed E-state index contributed by atoms with van der Waals surface area (Å²) in [4.78, 5) is 6.96. The second-order valence-electron chi connectivity index (χ2n) is 6.33. The smallest absolute Gasteiger partial charge is 0.387 e. The zero-order chi connectivity index (χ0) is 19.6. The van der Waals surface area contributed by atoms with E-state index in [1.807, 2.05) is 6.92 Å². The summed E-state index contributed by atoms with van der Waals surface area (Å²) >= 11 is 0. The topological polar surface area (TPSA) is 58.1 Å². The van der Waals surface area contributed by atoms with Crippen LogP contribution in [-0.4, -0.2) is 56.8 Å². The molecule has 2 rings (SSSR count). The van der Waals surface area contributed by atoms with Crippen molar-refractivity contribution in [3.8, 4) is 11.5 Å². The summed E-state index contributed by atoms with van der Waals surface area (Å²) in [5.41, 5.74) is 0.542. The molecule has 0 bridgehead atoms. The number of methoxy groups -OCH3 is 1. The van der Waals surface area contributed by atoms with Crippen molar-refractivity contribution in [2.45, 2.75) is 45.9 Å². The van der Waals surface area contributed by atoms with Crippen molar-refractivity contribution in [2.24, 2.45) is 4.99 Å². The van der Waals surface area contributed by atoms with Gasteiger partial charge in [-0.2, -0.15) is 8.78 Å². The van der Waals surface area contributed by atoms with Gasteiger partial charge in [0.15, 0.2) is 5.96 Å². The van der Waals surface area contributed by atoms with Crippen molar-refractivity contribution < 1.29 is 18.3 Å².